The van der Waals surface area contributed by atoms with E-state index in [0.717, 1.165) is 5.76 Å². The zero-order valence-electron chi connectivity index (χ0n) is 4.99. The van der Waals surface area contributed by atoms with Gasteiger partial charge < -0.3 is 4.42 Å². The van der Waals surface area contributed by atoms with Crippen molar-refractivity contribution in [2.24, 2.45) is 0 Å². The minimum Gasteiger partial charge on any atom is -0.466 e. The molecule has 1 heteroatoms. The molecular formula is C7H7O. The third-order valence-corrected chi connectivity index (χ3v) is 1.04. The largest absolute Gasteiger partial charge is 0.466 e. The van der Waals surface area contributed by atoms with Crippen LogP contribution in [0.3, 0.4) is 0 Å². The maximum atomic E-state index is 7.15. The summed E-state index contributed by atoms with van der Waals surface area (Å²) in [5.74, 6) is 1.51. The van der Waals surface area contributed by atoms with Gasteiger partial charge in [0.2, 0.25) is 0 Å². The van der Waals surface area contributed by atoms with Crippen LogP contribution in [0.1, 0.15) is 17.1 Å². The van der Waals surface area contributed by atoms with Crippen molar-refractivity contribution in [1.82, 2.24) is 0 Å². The first-order valence-corrected chi connectivity index (χ1v) is 2.49. The SMILES string of the molecule is [C]c1cc(C)oc1C. The van der Waals surface area contributed by atoms with Gasteiger partial charge in [0.05, 0.1) is 0 Å². The molecule has 0 bridgehead atoms. The van der Waals surface area contributed by atoms with Gasteiger partial charge in [0.1, 0.15) is 11.5 Å². The standard InChI is InChI=1S/C7H7O/c1-5-4-6(2)8-7(5)3/h4H,2-3H3. The second kappa shape index (κ2) is 1.66. The Hall–Kier alpha value is -0.720. The molecule has 0 aliphatic carbocycles. The van der Waals surface area contributed by atoms with Crippen LogP contribution >= 0.6 is 0 Å². The molecule has 3 radical (unpaired) electrons. The van der Waals surface area contributed by atoms with E-state index < -0.39 is 0 Å². The van der Waals surface area contributed by atoms with E-state index in [1.165, 1.54) is 0 Å². The van der Waals surface area contributed by atoms with Gasteiger partial charge in [-0.25, -0.2) is 0 Å². The summed E-state index contributed by atoms with van der Waals surface area (Å²) in [5, 5.41) is 0. The van der Waals surface area contributed by atoms with E-state index in [2.05, 4.69) is 0 Å². The van der Waals surface area contributed by atoms with E-state index in [9.17, 15) is 0 Å². The Kier molecular flexibility index (Phi) is 1.12. The van der Waals surface area contributed by atoms with Gasteiger partial charge in [0.25, 0.3) is 0 Å². The predicted octanol–water partition coefficient (Wildman–Crippen LogP) is 1.83. The minimum absolute atomic E-state index is 0.488. The van der Waals surface area contributed by atoms with Crippen molar-refractivity contribution in [2.75, 3.05) is 0 Å². The van der Waals surface area contributed by atoms with Crippen molar-refractivity contribution in [3.63, 3.8) is 0 Å². The average Bonchev–Trinajstić information content (AvgIpc) is 1.85. The van der Waals surface area contributed by atoms with Gasteiger partial charge in [-0.15, -0.1) is 0 Å². The zero-order chi connectivity index (χ0) is 6.15. The summed E-state index contributed by atoms with van der Waals surface area (Å²) < 4.78 is 5.03. The summed E-state index contributed by atoms with van der Waals surface area (Å²) in [6.07, 6.45) is 0. The molecule has 0 saturated heterocycles. The first-order chi connectivity index (χ1) is 3.70. The molecular weight excluding hydrogens is 100 g/mol. The fraction of sp³-hybridized carbons (Fsp3) is 0.286. The molecule has 0 N–H and O–H groups in total. The number of hydrogen-bond acceptors (Lipinski definition) is 1. The lowest BCUT2D eigenvalue weighted by atomic mass is 10.3. The smallest absolute Gasteiger partial charge is 0.104 e. The van der Waals surface area contributed by atoms with E-state index in [1.807, 2.05) is 6.92 Å². The van der Waals surface area contributed by atoms with Crippen LogP contribution < -0.4 is 0 Å². The molecule has 1 nitrogen and oxygen atoms in total. The van der Waals surface area contributed by atoms with E-state index in [1.54, 1.807) is 13.0 Å². The first kappa shape index (κ1) is 5.42. The summed E-state index contributed by atoms with van der Waals surface area (Å²) >= 11 is 0. The van der Waals surface area contributed by atoms with Crippen LogP contribution in [0.15, 0.2) is 10.5 Å². The lowest BCUT2D eigenvalue weighted by molar-refractivity contribution is 0.503. The molecule has 0 amide bonds. The molecule has 0 aromatic carbocycles. The Bertz CT molecular complexity index is 167. The van der Waals surface area contributed by atoms with Crippen molar-refractivity contribution < 1.29 is 4.42 Å². The summed E-state index contributed by atoms with van der Waals surface area (Å²) in [4.78, 5) is 0. The Morgan fingerprint density at radius 3 is 2.25 bits per heavy atom. The van der Waals surface area contributed by atoms with E-state index in [0.29, 0.717) is 11.3 Å². The van der Waals surface area contributed by atoms with Crippen LogP contribution in [0.5, 0.6) is 0 Å². The van der Waals surface area contributed by atoms with E-state index in [4.69, 9.17) is 11.3 Å². The Morgan fingerprint density at radius 2 is 2.12 bits per heavy atom. The molecule has 41 valence electrons. The molecule has 1 aromatic heterocycles. The Balaban J connectivity index is 3.14. The zero-order valence-corrected chi connectivity index (χ0v) is 4.99. The quantitative estimate of drug-likeness (QED) is 0.493. The molecule has 0 aliphatic rings. The summed E-state index contributed by atoms with van der Waals surface area (Å²) in [7, 11) is 0. The molecule has 1 rings (SSSR count). The van der Waals surface area contributed by atoms with Gasteiger partial charge in [-0.1, -0.05) is 0 Å². The lowest BCUT2D eigenvalue weighted by Crippen LogP contribution is -1.63. The van der Waals surface area contributed by atoms with Crippen molar-refractivity contribution >= 4 is 0 Å². The highest BCUT2D eigenvalue weighted by Crippen LogP contribution is 2.10. The van der Waals surface area contributed by atoms with Crippen LogP contribution in [-0.4, -0.2) is 0 Å². The highest BCUT2D eigenvalue weighted by molar-refractivity contribution is 5.22. The molecule has 0 saturated carbocycles. The maximum Gasteiger partial charge on any atom is 0.104 e. The van der Waals surface area contributed by atoms with E-state index >= 15 is 0 Å². The third kappa shape index (κ3) is 0.760. The predicted molar refractivity (Wildman–Crippen MR) is 30.5 cm³/mol. The summed E-state index contributed by atoms with van der Waals surface area (Å²) in [5.41, 5.74) is 0.488. The van der Waals surface area contributed by atoms with Gasteiger partial charge in [0.15, 0.2) is 0 Å². The van der Waals surface area contributed by atoms with Crippen LogP contribution in [0.2, 0.25) is 0 Å². The van der Waals surface area contributed by atoms with Crippen LogP contribution in [0, 0.1) is 20.8 Å². The molecule has 0 fully saturated rings. The van der Waals surface area contributed by atoms with Crippen LogP contribution in [0.4, 0.5) is 0 Å². The van der Waals surface area contributed by atoms with Gasteiger partial charge in [-0.2, -0.15) is 0 Å². The summed E-state index contributed by atoms with van der Waals surface area (Å²) in [6.45, 7) is 10.8. The van der Waals surface area contributed by atoms with Gasteiger partial charge in [-0.05, 0) is 19.9 Å². The van der Waals surface area contributed by atoms with Crippen molar-refractivity contribution in [1.29, 1.82) is 0 Å². The van der Waals surface area contributed by atoms with Crippen molar-refractivity contribution in [3.8, 4) is 0 Å². The van der Waals surface area contributed by atoms with Crippen LogP contribution in [0.25, 0.3) is 0 Å². The Morgan fingerprint density at radius 1 is 1.50 bits per heavy atom. The first-order valence-electron chi connectivity index (χ1n) is 2.49. The third-order valence-electron chi connectivity index (χ3n) is 1.04. The van der Waals surface area contributed by atoms with Crippen molar-refractivity contribution in [2.45, 2.75) is 13.8 Å². The molecule has 8 heavy (non-hydrogen) atoms. The molecule has 0 atom stereocenters. The Labute approximate surface area is 49.3 Å². The molecule has 0 spiro atoms. The molecule has 0 aliphatic heterocycles. The highest BCUT2D eigenvalue weighted by Gasteiger charge is 1.96. The normalized spacial score (nSPS) is 9.88. The second-order valence-corrected chi connectivity index (χ2v) is 1.83. The fourth-order valence-electron chi connectivity index (χ4n) is 0.631. The minimum atomic E-state index is 0.488. The van der Waals surface area contributed by atoms with Crippen molar-refractivity contribution in [3.05, 3.63) is 30.1 Å². The molecule has 1 aromatic rings. The van der Waals surface area contributed by atoms with Crippen LogP contribution in [-0.2, 0) is 0 Å². The number of rotatable bonds is 0. The van der Waals surface area contributed by atoms with Gasteiger partial charge in [-0.3, -0.25) is 0 Å². The van der Waals surface area contributed by atoms with Gasteiger partial charge >= 0.3 is 0 Å². The number of hydrogen-bond donors (Lipinski definition) is 0. The lowest BCUT2D eigenvalue weighted by Gasteiger charge is -1.79. The second-order valence-electron chi connectivity index (χ2n) is 1.83. The number of furan rings is 1. The van der Waals surface area contributed by atoms with E-state index in [-0.39, 0.29) is 0 Å². The highest BCUT2D eigenvalue weighted by atomic mass is 16.3. The topological polar surface area (TPSA) is 13.1 Å². The fourth-order valence-corrected chi connectivity index (χ4v) is 0.631. The molecule has 1 heterocycles. The summed E-state index contributed by atoms with van der Waals surface area (Å²) in [6, 6.07) is 1.70. The maximum absolute atomic E-state index is 7.15. The average molecular weight is 107 g/mol. The monoisotopic (exact) mass is 107 g/mol. The number of aryl methyl sites for hydroxylation is 2. The molecule has 0 unspecified atom stereocenters. The van der Waals surface area contributed by atoms with Gasteiger partial charge in [0, 0.05) is 12.5 Å².